The minimum Gasteiger partial charge on any atom is -0.388 e. The lowest BCUT2D eigenvalue weighted by molar-refractivity contribution is -0.0881. The van der Waals surface area contributed by atoms with Gasteiger partial charge >= 0.3 is 0 Å². The third-order valence-electron chi connectivity index (χ3n) is 4.36. The fraction of sp³-hybridized carbons (Fsp3) is 0.647. The lowest BCUT2D eigenvalue weighted by atomic mass is 9.78. The Labute approximate surface area is 116 Å². The summed E-state index contributed by atoms with van der Waals surface area (Å²) in [5.41, 5.74) is 2.94. The normalized spacial score (nSPS) is 26.4. The van der Waals surface area contributed by atoms with E-state index in [0.29, 0.717) is 0 Å². The number of aryl methyl sites for hydroxylation is 2. The van der Waals surface area contributed by atoms with E-state index >= 15 is 0 Å². The zero-order valence-electron chi connectivity index (χ0n) is 12.9. The molecule has 2 unspecified atom stereocenters. The minimum absolute atomic E-state index is 0.127. The van der Waals surface area contributed by atoms with Crippen molar-refractivity contribution in [2.75, 3.05) is 0 Å². The molecule has 2 heteroatoms. The lowest BCUT2D eigenvalue weighted by Crippen LogP contribution is -2.33. The Hall–Kier alpha value is -0.860. The van der Waals surface area contributed by atoms with E-state index in [9.17, 15) is 5.11 Å². The van der Waals surface area contributed by atoms with Crippen LogP contribution in [-0.2, 0) is 4.74 Å². The van der Waals surface area contributed by atoms with E-state index in [1.807, 2.05) is 6.07 Å². The molecule has 106 valence electrons. The molecule has 0 aromatic heterocycles. The molecule has 1 aromatic rings. The molecule has 0 amide bonds. The van der Waals surface area contributed by atoms with Crippen LogP contribution in [0.4, 0.5) is 0 Å². The van der Waals surface area contributed by atoms with E-state index in [1.54, 1.807) is 0 Å². The predicted octanol–water partition coefficient (Wildman–Crippen LogP) is 3.93. The highest BCUT2D eigenvalue weighted by Gasteiger charge is 2.49. The van der Waals surface area contributed by atoms with Gasteiger partial charge in [0.15, 0.2) is 0 Å². The van der Waals surface area contributed by atoms with Crippen molar-refractivity contribution in [3.63, 3.8) is 0 Å². The highest BCUT2D eigenvalue weighted by Crippen LogP contribution is 2.48. The van der Waals surface area contributed by atoms with Crippen LogP contribution in [0.15, 0.2) is 18.2 Å². The van der Waals surface area contributed by atoms with E-state index in [0.717, 1.165) is 23.1 Å². The molecule has 0 bridgehead atoms. The van der Waals surface area contributed by atoms with Crippen molar-refractivity contribution in [1.82, 2.24) is 0 Å². The van der Waals surface area contributed by atoms with Crippen LogP contribution in [0.3, 0.4) is 0 Å². The van der Waals surface area contributed by atoms with Crippen LogP contribution in [0, 0.1) is 19.8 Å². The van der Waals surface area contributed by atoms with Crippen molar-refractivity contribution in [3.8, 4) is 0 Å². The Balaban J connectivity index is 2.37. The third-order valence-corrected chi connectivity index (χ3v) is 4.36. The number of benzene rings is 1. The number of rotatable bonds is 2. The van der Waals surface area contributed by atoms with E-state index in [1.165, 1.54) is 0 Å². The topological polar surface area (TPSA) is 29.5 Å². The molecule has 1 fully saturated rings. The zero-order valence-corrected chi connectivity index (χ0v) is 12.9. The highest BCUT2D eigenvalue weighted by molar-refractivity contribution is 5.36. The van der Waals surface area contributed by atoms with Gasteiger partial charge in [-0.3, -0.25) is 0 Å². The van der Waals surface area contributed by atoms with Crippen LogP contribution in [0.5, 0.6) is 0 Å². The van der Waals surface area contributed by atoms with Crippen molar-refractivity contribution in [3.05, 3.63) is 34.9 Å². The Morgan fingerprint density at radius 3 is 2.11 bits per heavy atom. The molecule has 0 spiro atoms. The van der Waals surface area contributed by atoms with E-state index in [2.05, 4.69) is 53.7 Å². The van der Waals surface area contributed by atoms with Crippen LogP contribution in [0.1, 0.15) is 56.9 Å². The summed E-state index contributed by atoms with van der Waals surface area (Å²) >= 11 is 0. The molecule has 2 nitrogen and oxygen atoms in total. The number of hydrogen-bond acceptors (Lipinski definition) is 2. The van der Waals surface area contributed by atoms with Gasteiger partial charge < -0.3 is 9.84 Å². The first-order chi connectivity index (χ1) is 8.64. The number of ether oxygens (including phenoxy) is 1. The Bertz CT molecular complexity index is 454. The largest absolute Gasteiger partial charge is 0.388 e. The average Bonchev–Trinajstić information content (AvgIpc) is 2.46. The van der Waals surface area contributed by atoms with Gasteiger partial charge in [0.2, 0.25) is 0 Å². The molecule has 1 saturated heterocycles. The van der Waals surface area contributed by atoms with Gasteiger partial charge in [0.1, 0.15) is 0 Å². The van der Waals surface area contributed by atoms with Crippen molar-refractivity contribution in [2.45, 2.75) is 65.3 Å². The maximum Gasteiger partial charge on any atom is 0.0851 e. The molecule has 1 aliphatic rings. The number of aliphatic hydroxyl groups excluding tert-OH is 1. The van der Waals surface area contributed by atoms with Crippen molar-refractivity contribution < 1.29 is 9.84 Å². The monoisotopic (exact) mass is 262 g/mol. The van der Waals surface area contributed by atoms with Gasteiger partial charge in [-0.15, -0.1) is 0 Å². The molecular formula is C17H26O2. The molecular weight excluding hydrogens is 236 g/mol. The summed E-state index contributed by atoms with van der Waals surface area (Å²) in [5, 5.41) is 10.9. The first-order valence-corrected chi connectivity index (χ1v) is 7.08. The molecule has 1 heterocycles. The number of hydrogen-bond donors (Lipinski definition) is 1. The second kappa shape index (κ2) is 4.60. The second-order valence-electron chi connectivity index (χ2n) is 7.03. The van der Waals surface area contributed by atoms with Crippen LogP contribution in [0.25, 0.3) is 0 Å². The highest BCUT2D eigenvalue weighted by atomic mass is 16.5. The van der Waals surface area contributed by atoms with Crippen LogP contribution in [-0.4, -0.2) is 16.3 Å². The fourth-order valence-corrected chi connectivity index (χ4v) is 3.59. The molecule has 1 aromatic carbocycles. The van der Waals surface area contributed by atoms with Gasteiger partial charge in [0.05, 0.1) is 17.3 Å². The van der Waals surface area contributed by atoms with Gasteiger partial charge in [-0.05, 0) is 64.7 Å². The molecule has 1 aliphatic heterocycles. The fourth-order valence-electron chi connectivity index (χ4n) is 3.59. The summed E-state index contributed by atoms with van der Waals surface area (Å²) in [4.78, 5) is 0. The molecule has 0 aliphatic carbocycles. The summed E-state index contributed by atoms with van der Waals surface area (Å²) < 4.78 is 6.11. The molecule has 0 radical (unpaired) electrons. The van der Waals surface area contributed by atoms with E-state index in [4.69, 9.17) is 4.74 Å². The first kappa shape index (κ1) is 14.5. The smallest absolute Gasteiger partial charge is 0.0851 e. The van der Waals surface area contributed by atoms with Gasteiger partial charge in [-0.1, -0.05) is 18.2 Å². The van der Waals surface area contributed by atoms with Crippen molar-refractivity contribution >= 4 is 0 Å². The summed E-state index contributed by atoms with van der Waals surface area (Å²) in [6.45, 7) is 12.5. The maximum absolute atomic E-state index is 10.9. The molecule has 0 saturated carbocycles. The van der Waals surface area contributed by atoms with Crippen molar-refractivity contribution in [2.24, 2.45) is 5.92 Å². The van der Waals surface area contributed by atoms with Crippen molar-refractivity contribution in [1.29, 1.82) is 0 Å². The van der Waals surface area contributed by atoms with Crippen LogP contribution >= 0.6 is 0 Å². The average molecular weight is 262 g/mol. The van der Waals surface area contributed by atoms with Crippen LogP contribution in [0.2, 0.25) is 0 Å². The molecule has 1 N–H and O–H groups in total. The zero-order chi connectivity index (χ0) is 14.4. The predicted molar refractivity (Wildman–Crippen MR) is 78.2 cm³/mol. The number of aliphatic hydroxyl groups is 1. The third kappa shape index (κ3) is 2.70. The molecule has 19 heavy (non-hydrogen) atoms. The Kier molecular flexibility index (Phi) is 3.53. The Morgan fingerprint density at radius 1 is 1.16 bits per heavy atom. The summed E-state index contributed by atoms with van der Waals surface area (Å²) in [6.07, 6.45) is 0.424. The lowest BCUT2D eigenvalue weighted by Gasteiger charge is -2.31. The summed E-state index contributed by atoms with van der Waals surface area (Å²) in [5.74, 6) is 0.127. The second-order valence-corrected chi connectivity index (χ2v) is 7.03. The SMILES string of the molecule is Cc1cccc(C)c1C(O)C1CC(C)(C)OC1(C)C. The van der Waals surface area contributed by atoms with Gasteiger partial charge in [-0.2, -0.15) is 0 Å². The molecule has 2 rings (SSSR count). The molecule has 2 atom stereocenters. The minimum atomic E-state index is -0.460. The quantitative estimate of drug-likeness (QED) is 0.875. The Morgan fingerprint density at radius 2 is 1.68 bits per heavy atom. The van der Waals surface area contributed by atoms with Gasteiger partial charge in [0, 0.05) is 5.92 Å². The van der Waals surface area contributed by atoms with Crippen LogP contribution < -0.4 is 0 Å². The first-order valence-electron chi connectivity index (χ1n) is 7.08. The van der Waals surface area contributed by atoms with Gasteiger partial charge in [0.25, 0.3) is 0 Å². The summed E-state index contributed by atoms with van der Waals surface area (Å²) in [6, 6.07) is 6.18. The van der Waals surface area contributed by atoms with E-state index in [-0.39, 0.29) is 17.1 Å². The van der Waals surface area contributed by atoms with Gasteiger partial charge in [-0.25, -0.2) is 0 Å². The maximum atomic E-state index is 10.9. The summed E-state index contributed by atoms with van der Waals surface area (Å²) in [7, 11) is 0. The van der Waals surface area contributed by atoms with E-state index < -0.39 is 6.10 Å². The standard InChI is InChI=1S/C17H26O2/c1-11-8-7-9-12(2)14(11)15(18)13-10-16(3,4)19-17(13,5)6/h7-9,13,15,18H,10H2,1-6H3.